The van der Waals surface area contributed by atoms with E-state index in [1.54, 1.807) is 26.0 Å². The third-order valence-corrected chi connectivity index (χ3v) is 6.03. The van der Waals surface area contributed by atoms with Gasteiger partial charge in [-0.25, -0.2) is 0 Å². The van der Waals surface area contributed by atoms with Gasteiger partial charge >= 0.3 is 0 Å². The molecule has 0 spiro atoms. The molecule has 0 aliphatic carbocycles. The summed E-state index contributed by atoms with van der Waals surface area (Å²) >= 11 is 0. The molecule has 0 radical (unpaired) electrons. The molecule has 6 heteroatoms. The number of hydrogen-bond acceptors (Lipinski definition) is 6. The number of fused-ring (bicyclic) bond motifs is 4. The molecule has 5 rings (SSSR count). The highest BCUT2D eigenvalue weighted by Gasteiger charge is 2.25. The highest BCUT2D eigenvalue weighted by Crippen LogP contribution is 2.46. The van der Waals surface area contributed by atoms with Crippen LogP contribution in [-0.2, 0) is 0 Å². The summed E-state index contributed by atoms with van der Waals surface area (Å²) in [5.74, 6) is -1.12. The van der Waals surface area contributed by atoms with Crippen molar-refractivity contribution in [3.05, 3.63) is 67.1 Å². The molecular formula is C25H18O6. The van der Waals surface area contributed by atoms with Crippen molar-refractivity contribution in [1.29, 1.82) is 0 Å². The lowest BCUT2D eigenvalue weighted by atomic mass is 9.87. The summed E-state index contributed by atoms with van der Waals surface area (Å²) in [5, 5.41) is 44.3. The Balaban J connectivity index is 2.34. The van der Waals surface area contributed by atoms with Gasteiger partial charge in [0.25, 0.3) is 0 Å². The Morgan fingerprint density at radius 1 is 0.742 bits per heavy atom. The van der Waals surface area contributed by atoms with E-state index in [9.17, 15) is 30.0 Å². The lowest BCUT2D eigenvalue weighted by molar-refractivity contribution is 0.463. The van der Waals surface area contributed by atoms with Crippen molar-refractivity contribution in [2.45, 2.75) is 20.8 Å². The van der Waals surface area contributed by atoms with E-state index in [-0.39, 0.29) is 55.2 Å². The van der Waals surface area contributed by atoms with E-state index in [0.717, 1.165) is 0 Å². The summed E-state index contributed by atoms with van der Waals surface area (Å²) in [6.45, 7) is 4.88. The first kappa shape index (κ1) is 18.9. The smallest absolute Gasteiger partial charge is 0.198 e. The van der Waals surface area contributed by atoms with Crippen molar-refractivity contribution in [1.82, 2.24) is 0 Å². The van der Waals surface area contributed by atoms with Crippen molar-refractivity contribution in [2.75, 3.05) is 0 Å². The second-order valence-corrected chi connectivity index (χ2v) is 8.05. The second-order valence-electron chi connectivity index (χ2n) is 8.05. The molecule has 0 saturated carbocycles. The van der Waals surface area contributed by atoms with Gasteiger partial charge in [0.05, 0.1) is 21.4 Å². The van der Waals surface area contributed by atoms with Crippen LogP contribution in [0.15, 0.2) is 39.9 Å². The molecule has 4 N–H and O–H groups in total. The quantitative estimate of drug-likeness (QED) is 0.227. The third-order valence-electron chi connectivity index (χ3n) is 6.03. The zero-order valence-corrected chi connectivity index (χ0v) is 17.0. The van der Waals surface area contributed by atoms with Crippen LogP contribution in [0.2, 0.25) is 0 Å². The van der Waals surface area contributed by atoms with Gasteiger partial charge in [-0.05, 0) is 60.9 Å². The maximum absolute atomic E-state index is 13.7. The Kier molecular flexibility index (Phi) is 3.65. The van der Waals surface area contributed by atoms with Crippen molar-refractivity contribution < 1.29 is 20.4 Å². The average Bonchev–Trinajstić information content (AvgIpc) is 2.66. The Morgan fingerprint density at radius 3 is 2.13 bits per heavy atom. The number of aliphatic hydroxyl groups excluding tert-OH is 1. The molecule has 5 aromatic carbocycles. The monoisotopic (exact) mass is 414 g/mol. The Hall–Kier alpha value is -4.06. The summed E-state index contributed by atoms with van der Waals surface area (Å²) in [5.41, 5.74) is 0.226. The van der Waals surface area contributed by atoms with Gasteiger partial charge in [-0.15, -0.1) is 0 Å². The number of hydrogen-bond donors (Lipinski definition) is 4. The lowest BCUT2D eigenvalue weighted by Crippen LogP contribution is -2.13. The fourth-order valence-corrected chi connectivity index (χ4v) is 4.77. The fourth-order valence-electron chi connectivity index (χ4n) is 4.77. The van der Waals surface area contributed by atoms with Crippen LogP contribution in [0.3, 0.4) is 0 Å². The third kappa shape index (κ3) is 2.27. The molecule has 0 heterocycles. The predicted molar refractivity (Wildman–Crippen MR) is 122 cm³/mol. The number of benzene rings is 5. The molecule has 0 fully saturated rings. The normalized spacial score (nSPS) is 13.0. The molecule has 0 amide bonds. The molecular weight excluding hydrogens is 396 g/mol. The average molecular weight is 414 g/mol. The maximum Gasteiger partial charge on any atom is 0.198 e. The Labute approximate surface area is 174 Å². The van der Waals surface area contributed by atoms with E-state index in [2.05, 4.69) is 0 Å². The number of phenols is 3. The van der Waals surface area contributed by atoms with Crippen LogP contribution in [0.4, 0.5) is 0 Å². The molecule has 0 aliphatic rings. The fraction of sp³-hybridized carbons (Fsp3) is 0.120. The van der Waals surface area contributed by atoms with Crippen LogP contribution < -0.4 is 16.1 Å². The van der Waals surface area contributed by atoms with Gasteiger partial charge in [0.1, 0.15) is 23.0 Å². The topological polar surface area (TPSA) is 115 Å². The number of rotatable bonds is 0. The second kappa shape index (κ2) is 5.98. The first-order valence-corrected chi connectivity index (χ1v) is 9.70. The minimum atomic E-state index is -0.548. The van der Waals surface area contributed by atoms with Gasteiger partial charge in [0.2, 0.25) is 0 Å². The molecule has 0 saturated heterocycles. The predicted octanol–water partition coefficient (Wildman–Crippen LogP) is 3.60. The summed E-state index contributed by atoms with van der Waals surface area (Å²) in [7, 11) is 0. The minimum Gasteiger partial charge on any atom is -0.512 e. The van der Waals surface area contributed by atoms with Gasteiger partial charge in [-0.3, -0.25) is 9.59 Å². The molecule has 0 unspecified atom stereocenters. The first-order valence-electron chi connectivity index (χ1n) is 9.70. The van der Waals surface area contributed by atoms with Crippen molar-refractivity contribution >= 4 is 48.8 Å². The van der Waals surface area contributed by atoms with Gasteiger partial charge in [-0.2, -0.15) is 0 Å². The molecule has 31 heavy (non-hydrogen) atoms. The van der Waals surface area contributed by atoms with E-state index in [1.807, 2.05) is 0 Å². The standard InChI is InChI=1S/C25H18O6/c1-9-6-14-18(15(27)7-9)24(30)21-16(28)8-10(2)17-13-5-4-12(11(3)26)23(29)20(13)25(31)19(14)22(17)21/h4-8,26,28-30H,1-3H3/b12-11+. The molecule has 5 aromatic rings. The Morgan fingerprint density at radius 2 is 1.45 bits per heavy atom. The molecule has 154 valence electrons. The summed E-state index contributed by atoms with van der Waals surface area (Å²) < 4.78 is 0. The zero-order chi connectivity index (χ0) is 22.4. The van der Waals surface area contributed by atoms with Gasteiger partial charge in [-0.1, -0.05) is 12.1 Å². The van der Waals surface area contributed by atoms with Crippen LogP contribution in [0.5, 0.6) is 17.2 Å². The molecule has 0 aliphatic heterocycles. The molecule has 6 nitrogen and oxygen atoms in total. The number of aryl methyl sites for hydroxylation is 2. The first-order chi connectivity index (χ1) is 14.6. The minimum absolute atomic E-state index is 0.00874. The number of aromatic hydroxyl groups is 3. The lowest BCUT2D eigenvalue weighted by Gasteiger charge is -2.17. The Bertz CT molecular complexity index is 1780. The molecule has 0 aromatic heterocycles. The van der Waals surface area contributed by atoms with Gasteiger partial charge in [0.15, 0.2) is 10.9 Å². The van der Waals surface area contributed by atoms with Crippen LogP contribution in [0.1, 0.15) is 18.1 Å². The SMILES string of the molecule is C/C(O)=c1/ccc2c(c1O)c(=O)c1c3cc(C)cc(=O)c3c(O)c3c(O)cc(C)c2c31. The largest absolute Gasteiger partial charge is 0.512 e. The number of phenolic OH excluding ortho intramolecular Hbond substituents is 3. The zero-order valence-electron chi connectivity index (χ0n) is 17.0. The molecule has 0 atom stereocenters. The van der Waals surface area contributed by atoms with E-state index in [4.69, 9.17) is 0 Å². The van der Waals surface area contributed by atoms with Crippen molar-refractivity contribution in [3.63, 3.8) is 0 Å². The van der Waals surface area contributed by atoms with E-state index in [0.29, 0.717) is 27.3 Å². The van der Waals surface area contributed by atoms with E-state index < -0.39 is 10.9 Å². The van der Waals surface area contributed by atoms with Gasteiger partial charge in [0, 0.05) is 16.2 Å². The van der Waals surface area contributed by atoms with Crippen LogP contribution in [-0.4, -0.2) is 20.4 Å². The van der Waals surface area contributed by atoms with Gasteiger partial charge < -0.3 is 20.4 Å². The van der Waals surface area contributed by atoms with E-state index >= 15 is 0 Å². The summed E-state index contributed by atoms with van der Waals surface area (Å²) in [4.78, 5) is 26.5. The number of aliphatic hydroxyl groups is 1. The van der Waals surface area contributed by atoms with Crippen molar-refractivity contribution in [2.24, 2.45) is 0 Å². The summed E-state index contributed by atoms with van der Waals surface area (Å²) in [6, 6.07) is 7.59. The van der Waals surface area contributed by atoms with Crippen LogP contribution in [0, 0.1) is 13.8 Å². The maximum atomic E-state index is 13.7. The van der Waals surface area contributed by atoms with Crippen molar-refractivity contribution in [3.8, 4) is 17.2 Å². The van der Waals surface area contributed by atoms with E-state index in [1.165, 1.54) is 25.1 Å². The highest BCUT2D eigenvalue weighted by molar-refractivity contribution is 6.32. The highest BCUT2D eigenvalue weighted by atomic mass is 16.3. The van der Waals surface area contributed by atoms with Crippen LogP contribution >= 0.6 is 0 Å². The summed E-state index contributed by atoms with van der Waals surface area (Å²) in [6.07, 6.45) is 0. The van der Waals surface area contributed by atoms with Crippen LogP contribution in [0.25, 0.3) is 48.8 Å². The molecule has 0 bridgehead atoms.